The summed E-state index contributed by atoms with van der Waals surface area (Å²) in [5.74, 6) is 1.34. The monoisotopic (exact) mass is 232 g/mol. The molecule has 0 saturated carbocycles. The molecule has 1 aromatic carbocycles. The lowest BCUT2D eigenvalue weighted by molar-refractivity contribution is 0.475. The molecular weight excluding hydrogens is 212 g/mol. The van der Waals surface area contributed by atoms with Crippen LogP contribution in [0.3, 0.4) is 0 Å². The summed E-state index contributed by atoms with van der Waals surface area (Å²) >= 11 is 0. The molecule has 0 aliphatic rings. The van der Waals surface area contributed by atoms with Gasteiger partial charge >= 0.3 is 0 Å². The van der Waals surface area contributed by atoms with Gasteiger partial charge in [-0.3, -0.25) is 0 Å². The Balaban J connectivity index is 0.000000181. The van der Waals surface area contributed by atoms with Gasteiger partial charge in [-0.05, 0) is 31.9 Å². The van der Waals surface area contributed by atoms with E-state index in [9.17, 15) is 0 Å². The number of para-hydroxylation sites is 1. The van der Waals surface area contributed by atoms with Crippen LogP contribution in [0.15, 0.2) is 36.5 Å². The van der Waals surface area contributed by atoms with E-state index in [-0.39, 0.29) is 0 Å². The maximum atomic E-state index is 8.63. The highest BCUT2D eigenvalue weighted by Crippen LogP contribution is 2.03. The van der Waals surface area contributed by atoms with E-state index >= 15 is 0 Å². The molecular formula is C14H20N2O. The molecule has 0 radical (unpaired) electrons. The van der Waals surface area contributed by atoms with Crippen LogP contribution in [0.2, 0.25) is 0 Å². The Morgan fingerprint density at radius 3 is 2.35 bits per heavy atom. The second-order valence-electron chi connectivity index (χ2n) is 3.93. The van der Waals surface area contributed by atoms with Crippen LogP contribution < -0.4 is 0 Å². The van der Waals surface area contributed by atoms with Crippen molar-refractivity contribution < 1.29 is 5.11 Å². The number of hydrogen-bond acceptors (Lipinski definition) is 2. The molecule has 3 nitrogen and oxygen atoms in total. The maximum absolute atomic E-state index is 8.63. The lowest BCUT2D eigenvalue weighted by Crippen LogP contribution is -1.83. The fraction of sp³-hybridized carbons (Fsp3) is 0.357. The number of H-pyrrole nitrogens is 1. The SMILES string of the molecule is CCCCc1cnc(C)[nH]1.Oc1ccccc1. The maximum Gasteiger partial charge on any atom is 0.115 e. The molecule has 0 amide bonds. The van der Waals surface area contributed by atoms with Crippen LogP contribution in [0.1, 0.15) is 31.3 Å². The summed E-state index contributed by atoms with van der Waals surface area (Å²) in [5, 5.41) is 8.63. The molecule has 0 unspecified atom stereocenters. The Hall–Kier alpha value is -1.77. The molecule has 92 valence electrons. The zero-order valence-corrected chi connectivity index (χ0v) is 10.5. The van der Waals surface area contributed by atoms with Gasteiger partial charge in [0.2, 0.25) is 0 Å². The predicted molar refractivity (Wildman–Crippen MR) is 70.0 cm³/mol. The summed E-state index contributed by atoms with van der Waals surface area (Å²) in [6.07, 6.45) is 5.56. The third-order valence-electron chi connectivity index (χ3n) is 2.31. The highest BCUT2D eigenvalue weighted by atomic mass is 16.3. The van der Waals surface area contributed by atoms with E-state index in [0.29, 0.717) is 5.75 Å². The summed E-state index contributed by atoms with van der Waals surface area (Å²) in [6.45, 7) is 4.18. The van der Waals surface area contributed by atoms with Gasteiger partial charge in [0.25, 0.3) is 0 Å². The average Bonchev–Trinajstić information content (AvgIpc) is 2.74. The molecule has 0 aliphatic carbocycles. The second-order valence-corrected chi connectivity index (χ2v) is 3.93. The number of unbranched alkanes of at least 4 members (excludes halogenated alkanes) is 1. The van der Waals surface area contributed by atoms with Crippen molar-refractivity contribution in [1.29, 1.82) is 0 Å². The molecule has 1 aromatic heterocycles. The summed E-state index contributed by atoms with van der Waals surface area (Å²) in [4.78, 5) is 7.31. The summed E-state index contributed by atoms with van der Waals surface area (Å²) in [7, 11) is 0. The minimum Gasteiger partial charge on any atom is -0.508 e. The third kappa shape index (κ3) is 5.76. The smallest absolute Gasteiger partial charge is 0.115 e. The van der Waals surface area contributed by atoms with Crippen LogP contribution in [-0.4, -0.2) is 15.1 Å². The van der Waals surface area contributed by atoms with Crippen LogP contribution >= 0.6 is 0 Å². The van der Waals surface area contributed by atoms with Crippen molar-refractivity contribution in [3.05, 3.63) is 48.0 Å². The van der Waals surface area contributed by atoms with Crippen molar-refractivity contribution in [3.63, 3.8) is 0 Å². The number of aromatic amines is 1. The molecule has 0 aliphatic heterocycles. The summed E-state index contributed by atoms with van der Waals surface area (Å²) < 4.78 is 0. The van der Waals surface area contributed by atoms with Gasteiger partial charge in [-0.25, -0.2) is 4.98 Å². The van der Waals surface area contributed by atoms with E-state index in [4.69, 9.17) is 5.11 Å². The fourth-order valence-corrected chi connectivity index (χ4v) is 1.39. The van der Waals surface area contributed by atoms with Crippen LogP contribution in [0.4, 0.5) is 0 Å². The molecule has 2 rings (SSSR count). The van der Waals surface area contributed by atoms with Crippen molar-refractivity contribution in [1.82, 2.24) is 9.97 Å². The van der Waals surface area contributed by atoms with Gasteiger partial charge in [0.15, 0.2) is 0 Å². The zero-order valence-electron chi connectivity index (χ0n) is 10.5. The van der Waals surface area contributed by atoms with Crippen molar-refractivity contribution in [2.45, 2.75) is 33.1 Å². The minimum atomic E-state index is 0.322. The number of imidazole rings is 1. The van der Waals surface area contributed by atoms with Gasteiger partial charge in [-0.1, -0.05) is 31.5 Å². The number of rotatable bonds is 3. The first-order chi connectivity index (χ1) is 8.22. The first kappa shape index (κ1) is 13.3. The zero-order chi connectivity index (χ0) is 12.5. The molecule has 0 bridgehead atoms. The van der Waals surface area contributed by atoms with E-state index in [2.05, 4.69) is 16.9 Å². The molecule has 2 N–H and O–H groups in total. The van der Waals surface area contributed by atoms with E-state index < -0.39 is 0 Å². The van der Waals surface area contributed by atoms with E-state index in [1.165, 1.54) is 18.5 Å². The van der Waals surface area contributed by atoms with Gasteiger partial charge in [-0.2, -0.15) is 0 Å². The standard InChI is InChI=1S/C8H14N2.C6H6O/c1-3-4-5-8-6-9-7(2)10-8;7-6-4-2-1-3-5-6/h6H,3-5H2,1-2H3,(H,9,10);1-5,7H. The topological polar surface area (TPSA) is 48.9 Å². The first-order valence-corrected chi connectivity index (χ1v) is 5.97. The number of aromatic hydroxyl groups is 1. The number of phenols is 1. The largest absolute Gasteiger partial charge is 0.508 e. The molecule has 0 spiro atoms. The van der Waals surface area contributed by atoms with Gasteiger partial charge in [0.05, 0.1) is 0 Å². The van der Waals surface area contributed by atoms with E-state index in [1.807, 2.05) is 19.2 Å². The molecule has 0 fully saturated rings. The Morgan fingerprint density at radius 1 is 1.24 bits per heavy atom. The van der Waals surface area contributed by atoms with Gasteiger partial charge in [0.1, 0.15) is 11.6 Å². The van der Waals surface area contributed by atoms with Crippen molar-refractivity contribution in [3.8, 4) is 5.75 Å². The molecule has 0 atom stereocenters. The molecule has 2 aromatic rings. The van der Waals surface area contributed by atoms with Gasteiger partial charge in [-0.15, -0.1) is 0 Å². The first-order valence-electron chi connectivity index (χ1n) is 5.97. The van der Waals surface area contributed by atoms with Crippen molar-refractivity contribution in [2.24, 2.45) is 0 Å². The van der Waals surface area contributed by atoms with E-state index in [0.717, 1.165) is 12.2 Å². The van der Waals surface area contributed by atoms with Crippen molar-refractivity contribution in [2.75, 3.05) is 0 Å². The molecule has 17 heavy (non-hydrogen) atoms. The number of hydrogen-bond donors (Lipinski definition) is 2. The third-order valence-corrected chi connectivity index (χ3v) is 2.31. The van der Waals surface area contributed by atoms with Gasteiger partial charge < -0.3 is 10.1 Å². The highest BCUT2D eigenvalue weighted by molar-refractivity contribution is 5.18. The summed E-state index contributed by atoms with van der Waals surface area (Å²) in [6, 6.07) is 8.71. The molecule has 0 saturated heterocycles. The Kier molecular flexibility index (Phi) is 5.86. The number of nitrogens with zero attached hydrogens (tertiary/aromatic N) is 1. The van der Waals surface area contributed by atoms with Crippen molar-refractivity contribution >= 4 is 0 Å². The van der Waals surface area contributed by atoms with Crippen LogP contribution in [0.5, 0.6) is 5.75 Å². The van der Waals surface area contributed by atoms with Crippen LogP contribution in [-0.2, 0) is 6.42 Å². The second kappa shape index (κ2) is 7.49. The van der Waals surface area contributed by atoms with Crippen LogP contribution in [0, 0.1) is 6.92 Å². The minimum absolute atomic E-state index is 0.322. The normalized spacial score (nSPS) is 9.53. The lowest BCUT2D eigenvalue weighted by atomic mass is 10.2. The number of nitrogens with one attached hydrogen (secondary N) is 1. The predicted octanol–water partition coefficient (Wildman–Crippen LogP) is 3.45. The fourth-order valence-electron chi connectivity index (χ4n) is 1.39. The highest BCUT2D eigenvalue weighted by Gasteiger charge is 1.93. The van der Waals surface area contributed by atoms with E-state index in [1.54, 1.807) is 24.3 Å². The number of benzene rings is 1. The Morgan fingerprint density at radius 2 is 1.94 bits per heavy atom. The molecule has 1 heterocycles. The lowest BCUT2D eigenvalue weighted by Gasteiger charge is -1.91. The van der Waals surface area contributed by atoms with Gasteiger partial charge in [0, 0.05) is 11.9 Å². The number of phenolic OH excluding ortho intramolecular Hbond substituents is 1. The quantitative estimate of drug-likeness (QED) is 0.851. The van der Waals surface area contributed by atoms with Crippen LogP contribution in [0.25, 0.3) is 0 Å². The Labute approximate surface area is 103 Å². The Bertz CT molecular complexity index is 409. The molecule has 3 heteroatoms. The summed E-state index contributed by atoms with van der Waals surface area (Å²) in [5.41, 5.74) is 1.26. The number of aromatic nitrogens is 2. The number of aryl methyl sites for hydroxylation is 2. The average molecular weight is 232 g/mol.